The zero-order chi connectivity index (χ0) is 18.1. The van der Waals surface area contributed by atoms with E-state index in [2.05, 4.69) is 23.7 Å². The fourth-order valence-electron chi connectivity index (χ4n) is 4.01. The van der Waals surface area contributed by atoms with Crippen LogP contribution in [0.5, 0.6) is 0 Å². The molecular weight excluding hydrogens is 324 g/mol. The Hall–Kier alpha value is -2.43. The first-order valence-electron chi connectivity index (χ1n) is 9.18. The average Bonchev–Trinajstić information content (AvgIpc) is 3.06. The van der Waals surface area contributed by atoms with Crippen LogP contribution in [0.1, 0.15) is 35.8 Å². The number of ketones is 1. The van der Waals surface area contributed by atoms with Crippen molar-refractivity contribution in [2.45, 2.75) is 32.1 Å². The van der Waals surface area contributed by atoms with Crippen molar-refractivity contribution in [3.05, 3.63) is 71.9 Å². The number of rotatable bonds is 4. The lowest BCUT2D eigenvalue weighted by atomic mass is 9.94. The van der Waals surface area contributed by atoms with Crippen LogP contribution in [0.3, 0.4) is 0 Å². The van der Waals surface area contributed by atoms with Crippen LogP contribution in [0.4, 0.5) is 0 Å². The number of aromatic amines is 1. The Morgan fingerprint density at radius 2 is 1.69 bits per heavy atom. The maximum absolute atomic E-state index is 13.6. The second-order valence-corrected chi connectivity index (χ2v) is 7.14. The average molecular weight is 348 g/mol. The third-order valence-electron chi connectivity index (χ3n) is 5.03. The van der Waals surface area contributed by atoms with Gasteiger partial charge in [-0.2, -0.15) is 0 Å². The highest BCUT2D eigenvalue weighted by Gasteiger charge is 2.34. The molecule has 3 aromatic rings. The third kappa shape index (κ3) is 3.18. The van der Waals surface area contributed by atoms with Crippen molar-refractivity contribution < 1.29 is 9.53 Å². The van der Waals surface area contributed by atoms with Crippen LogP contribution in [0.15, 0.2) is 60.8 Å². The summed E-state index contributed by atoms with van der Waals surface area (Å²) in [6.07, 6.45) is 2.07. The van der Waals surface area contributed by atoms with Crippen molar-refractivity contribution in [1.82, 2.24) is 9.88 Å². The van der Waals surface area contributed by atoms with Crippen molar-refractivity contribution in [2.24, 2.45) is 0 Å². The number of carbonyl (C=O) groups is 1. The van der Waals surface area contributed by atoms with E-state index in [0.717, 1.165) is 35.1 Å². The number of Topliss-reactive ketones (excluding diaryl/α,β-unsaturated/α-hetero) is 1. The summed E-state index contributed by atoms with van der Waals surface area (Å²) in [4.78, 5) is 19.1. The SMILES string of the molecule is C[C@@H]1CN([C@@H](C(=O)c2c[nH]c3ccccc23)c2ccccc2)C[C@H](C)O1. The van der Waals surface area contributed by atoms with E-state index < -0.39 is 0 Å². The van der Waals surface area contributed by atoms with Gasteiger partial charge in [0, 0.05) is 35.8 Å². The Bertz CT molecular complexity index is 893. The van der Waals surface area contributed by atoms with Gasteiger partial charge in [-0.05, 0) is 25.5 Å². The summed E-state index contributed by atoms with van der Waals surface area (Å²) in [7, 11) is 0. The minimum atomic E-state index is -0.302. The molecule has 3 atom stereocenters. The minimum absolute atomic E-state index is 0.112. The lowest BCUT2D eigenvalue weighted by molar-refractivity contribution is -0.0766. The number of ether oxygens (including phenoxy) is 1. The maximum atomic E-state index is 13.6. The molecule has 0 amide bonds. The largest absolute Gasteiger partial charge is 0.373 e. The normalized spacial score (nSPS) is 22.4. The van der Waals surface area contributed by atoms with Gasteiger partial charge in [-0.25, -0.2) is 0 Å². The number of benzene rings is 2. The summed E-state index contributed by atoms with van der Waals surface area (Å²) in [5.74, 6) is 0.134. The monoisotopic (exact) mass is 348 g/mol. The molecule has 0 spiro atoms. The third-order valence-corrected chi connectivity index (χ3v) is 5.03. The second kappa shape index (κ2) is 7.06. The Balaban J connectivity index is 1.76. The molecule has 2 heterocycles. The highest BCUT2D eigenvalue weighted by atomic mass is 16.5. The highest BCUT2D eigenvalue weighted by Crippen LogP contribution is 2.31. The van der Waals surface area contributed by atoms with E-state index >= 15 is 0 Å². The molecule has 1 aliphatic heterocycles. The van der Waals surface area contributed by atoms with Crippen LogP contribution in [-0.4, -0.2) is 41.0 Å². The van der Waals surface area contributed by atoms with Gasteiger partial charge in [-0.1, -0.05) is 48.5 Å². The molecule has 0 radical (unpaired) electrons. The van der Waals surface area contributed by atoms with Crippen LogP contribution in [0.25, 0.3) is 10.9 Å². The van der Waals surface area contributed by atoms with Crippen molar-refractivity contribution in [2.75, 3.05) is 13.1 Å². The van der Waals surface area contributed by atoms with Gasteiger partial charge in [0.25, 0.3) is 0 Å². The van der Waals surface area contributed by atoms with Gasteiger partial charge in [0.15, 0.2) is 5.78 Å². The molecule has 2 aromatic carbocycles. The quantitative estimate of drug-likeness (QED) is 0.719. The van der Waals surface area contributed by atoms with Crippen LogP contribution < -0.4 is 0 Å². The first kappa shape index (κ1) is 17.0. The van der Waals surface area contributed by atoms with Crippen molar-refractivity contribution >= 4 is 16.7 Å². The maximum Gasteiger partial charge on any atom is 0.186 e. The number of hydrogen-bond donors (Lipinski definition) is 1. The van der Waals surface area contributed by atoms with Gasteiger partial charge >= 0.3 is 0 Å². The zero-order valence-electron chi connectivity index (χ0n) is 15.2. The standard InChI is InChI=1S/C22H24N2O2/c1-15-13-24(14-16(2)26-15)21(17-8-4-3-5-9-17)22(25)19-12-23-20-11-7-6-10-18(19)20/h3-12,15-16,21,23H,13-14H2,1-2H3/t15-,16+,21-/m1/s1. The number of para-hydroxylation sites is 1. The van der Waals surface area contributed by atoms with Gasteiger partial charge in [0.2, 0.25) is 0 Å². The molecule has 1 N–H and O–H groups in total. The van der Waals surface area contributed by atoms with Gasteiger partial charge < -0.3 is 9.72 Å². The first-order valence-corrected chi connectivity index (χ1v) is 9.18. The number of aromatic nitrogens is 1. The van der Waals surface area contributed by atoms with E-state index in [1.165, 1.54) is 0 Å². The number of morpholine rings is 1. The van der Waals surface area contributed by atoms with Crippen LogP contribution >= 0.6 is 0 Å². The summed E-state index contributed by atoms with van der Waals surface area (Å²) in [5, 5.41) is 0.979. The Morgan fingerprint density at radius 3 is 2.42 bits per heavy atom. The fourth-order valence-corrected chi connectivity index (χ4v) is 4.01. The molecule has 26 heavy (non-hydrogen) atoms. The highest BCUT2D eigenvalue weighted by molar-refractivity contribution is 6.10. The number of hydrogen-bond acceptors (Lipinski definition) is 3. The molecule has 4 rings (SSSR count). The fraction of sp³-hybridized carbons (Fsp3) is 0.318. The van der Waals surface area contributed by atoms with Gasteiger partial charge in [-0.15, -0.1) is 0 Å². The van der Waals surface area contributed by atoms with E-state index in [4.69, 9.17) is 4.74 Å². The zero-order valence-corrected chi connectivity index (χ0v) is 15.2. The van der Waals surface area contributed by atoms with Crippen molar-refractivity contribution in [3.63, 3.8) is 0 Å². The molecule has 134 valence electrons. The Kier molecular flexibility index (Phi) is 4.62. The topological polar surface area (TPSA) is 45.3 Å². The Labute approximate surface area is 153 Å². The number of nitrogens with zero attached hydrogens (tertiary/aromatic N) is 1. The number of H-pyrrole nitrogens is 1. The Morgan fingerprint density at radius 1 is 1.04 bits per heavy atom. The minimum Gasteiger partial charge on any atom is -0.373 e. The molecule has 0 saturated carbocycles. The van der Waals surface area contributed by atoms with Crippen molar-refractivity contribution in [3.8, 4) is 0 Å². The molecule has 1 saturated heterocycles. The summed E-state index contributed by atoms with van der Waals surface area (Å²) >= 11 is 0. The van der Waals surface area contributed by atoms with Crippen LogP contribution in [-0.2, 0) is 4.74 Å². The predicted molar refractivity (Wildman–Crippen MR) is 103 cm³/mol. The summed E-state index contributed by atoms with van der Waals surface area (Å²) in [6, 6.07) is 17.7. The van der Waals surface area contributed by atoms with E-state index in [1.54, 1.807) is 0 Å². The summed E-state index contributed by atoms with van der Waals surface area (Å²) in [5.41, 5.74) is 2.77. The predicted octanol–water partition coefficient (Wildman–Crippen LogP) is 4.20. The molecule has 1 aliphatic rings. The number of carbonyl (C=O) groups excluding carboxylic acids is 1. The van der Waals surface area contributed by atoms with Crippen LogP contribution in [0.2, 0.25) is 0 Å². The molecule has 1 fully saturated rings. The molecular formula is C22H24N2O2. The van der Waals surface area contributed by atoms with E-state index in [0.29, 0.717) is 0 Å². The smallest absolute Gasteiger partial charge is 0.186 e. The number of nitrogens with one attached hydrogen (secondary N) is 1. The molecule has 4 nitrogen and oxygen atoms in total. The molecule has 4 heteroatoms. The molecule has 0 unspecified atom stereocenters. The molecule has 0 bridgehead atoms. The van der Waals surface area contributed by atoms with E-state index in [9.17, 15) is 4.79 Å². The van der Waals surface area contributed by atoms with Gasteiger partial charge in [0.05, 0.1) is 18.2 Å². The lowest BCUT2D eigenvalue weighted by Crippen LogP contribution is -2.48. The summed E-state index contributed by atoms with van der Waals surface area (Å²) in [6.45, 7) is 5.64. The van der Waals surface area contributed by atoms with Crippen LogP contribution in [0, 0.1) is 0 Å². The van der Waals surface area contributed by atoms with Gasteiger partial charge in [0.1, 0.15) is 0 Å². The van der Waals surface area contributed by atoms with E-state index in [-0.39, 0.29) is 24.0 Å². The first-order chi connectivity index (χ1) is 12.6. The van der Waals surface area contributed by atoms with Gasteiger partial charge in [-0.3, -0.25) is 9.69 Å². The molecule has 0 aliphatic carbocycles. The lowest BCUT2D eigenvalue weighted by Gasteiger charge is -2.39. The second-order valence-electron chi connectivity index (χ2n) is 7.14. The summed E-state index contributed by atoms with van der Waals surface area (Å²) < 4.78 is 5.88. The number of fused-ring (bicyclic) bond motifs is 1. The van der Waals surface area contributed by atoms with E-state index in [1.807, 2.05) is 60.8 Å². The molecule has 1 aromatic heterocycles. The van der Waals surface area contributed by atoms with Crippen molar-refractivity contribution in [1.29, 1.82) is 0 Å².